The van der Waals surface area contributed by atoms with Crippen molar-refractivity contribution >= 4 is 11.3 Å². The number of carbonyl (C=O) groups excluding carboxylic acids is 1. The molecule has 6 heteroatoms. The van der Waals surface area contributed by atoms with Crippen LogP contribution in [0.1, 0.15) is 15.9 Å². The number of halogens is 1. The second-order valence-electron chi connectivity index (χ2n) is 6.96. The van der Waals surface area contributed by atoms with Crippen LogP contribution >= 0.6 is 0 Å². The molecule has 5 rings (SSSR count). The van der Waals surface area contributed by atoms with Crippen molar-refractivity contribution in [1.82, 2.24) is 14.4 Å². The summed E-state index contributed by atoms with van der Waals surface area (Å²) in [5, 5.41) is 0. The predicted octanol–water partition coefficient (Wildman–Crippen LogP) is 5.22. The number of fused-ring (bicyclic) bond motifs is 1. The molecule has 4 aromatic heterocycles. The smallest absolute Gasteiger partial charge is 0.181 e. The molecular formula is C24H16FN3O2. The van der Waals surface area contributed by atoms with E-state index in [2.05, 4.69) is 9.97 Å². The zero-order valence-electron chi connectivity index (χ0n) is 15.8. The summed E-state index contributed by atoms with van der Waals surface area (Å²) in [6.45, 7) is 0. The molecule has 0 saturated carbocycles. The quantitative estimate of drug-likeness (QED) is 0.382. The van der Waals surface area contributed by atoms with E-state index in [1.54, 1.807) is 24.5 Å². The van der Waals surface area contributed by atoms with Crippen molar-refractivity contribution in [3.05, 3.63) is 103 Å². The molecule has 5 nitrogen and oxygen atoms in total. The van der Waals surface area contributed by atoms with Gasteiger partial charge in [-0.15, -0.1) is 0 Å². The highest BCUT2D eigenvalue weighted by atomic mass is 19.1. The molecule has 0 aliphatic carbocycles. The highest BCUT2D eigenvalue weighted by molar-refractivity contribution is 6.04. The molecule has 0 saturated heterocycles. The van der Waals surface area contributed by atoms with Gasteiger partial charge >= 0.3 is 0 Å². The molecule has 4 heterocycles. The Labute approximate surface area is 171 Å². The molecule has 0 fully saturated rings. The molecule has 0 atom stereocenters. The molecule has 0 aliphatic rings. The molecule has 0 radical (unpaired) electrons. The van der Waals surface area contributed by atoms with Crippen LogP contribution in [-0.4, -0.2) is 20.2 Å². The van der Waals surface area contributed by atoms with Crippen LogP contribution in [0.25, 0.3) is 28.0 Å². The van der Waals surface area contributed by atoms with Crippen molar-refractivity contribution in [3.8, 4) is 22.5 Å². The fraction of sp³-hybridized carbons (Fsp3) is 0.0417. The van der Waals surface area contributed by atoms with Gasteiger partial charge in [-0.05, 0) is 47.0 Å². The molecule has 0 N–H and O–H groups in total. The number of hydrogen-bond donors (Lipinski definition) is 0. The van der Waals surface area contributed by atoms with Crippen molar-refractivity contribution in [2.75, 3.05) is 0 Å². The average molecular weight is 397 g/mol. The zero-order valence-corrected chi connectivity index (χ0v) is 15.8. The molecule has 0 spiro atoms. The normalized spacial score (nSPS) is 11.1. The number of Topliss-reactive ketones (excluding diaryl/α,β-unsaturated/α-hetero) is 1. The van der Waals surface area contributed by atoms with Gasteiger partial charge in [0.05, 0.1) is 5.69 Å². The van der Waals surface area contributed by atoms with Gasteiger partial charge in [-0.3, -0.25) is 9.78 Å². The SMILES string of the molecule is O=C(Cc1cccnc1)c1cc2ccc(-c3ccc(F)cc3)cn2c1-c1cocn1. The second-order valence-corrected chi connectivity index (χ2v) is 6.96. The number of oxazole rings is 1. The number of carbonyl (C=O) groups is 1. The van der Waals surface area contributed by atoms with E-state index in [9.17, 15) is 9.18 Å². The third kappa shape index (κ3) is 3.28. The minimum Gasteiger partial charge on any atom is -0.451 e. The fourth-order valence-corrected chi connectivity index (χ4v) is 3.57. The van der Waals surface area contributed by atoms with E-state index in [0.29, 0.717) is 17.0 Å². The number of benzene rings is 1. The summed E-state index contributed by atoms with van der Waals surface area (Å²) < 4.78 is 20.4. The van der Waals surface area contributed by atoms with Crippen molar-refractivity contribution < 1.29 is 13.6 Å². The lowest BCUT2D eigenvalue weighted by Crippen LogP contribution is -2.05. The van der Waals surface area contributed by atoms with E-state index in [0.717, 1.165) is 22.2 Å². The Balaban J connectivity index is 1.64. The number of rotatable bonds is 5. The first-order valence-electron chi connectivity index (χ1n) is 9.41. The standard InChI is InChI=1S/C24H16FN3O2/c25-19-6-3-17(4-7-19)18-5-8-20-11-21(23(29)10-16-2-1-9-26-12-16)24(28(20)13-18)22-14-30-15-27-22/h1-9,11-15H,10H2. The average Bonchev–Trinajstić information content (AvgIpc) is 3.42. The van der Waals surface area contributed by atoms with Gasteiger partial charge in [-0.25, -0.2) is 9.37 Å². The van der Waals surface area contributed by atoms with Gasteiger partial charge in [-0.2, -0.15) is 0 Å². The fourth-order valence-electron chi connectivity index (χ4n) is 3.57. The summed E-state index contributed by atoms with van der Waals surface area (Å²) in [5.41, 5.74) is 5.26. The van der Waals surface area contributed by atoms with Gasteiger partial charge in [0.2, 0.25) is 0 Å². The van der Waals surface area contributed by atoms with E-state index in [1.165, 1.54) is 24.8 Å². The van der Waals surface area contributed by atoms with Gasteiger partial charge in [0.1, 0.15) is 17.8 Å². The first-order valence-corrected chi connectivity index (χ1v) is 9.41. The van der Waals surface area contributed by atoms with E-state index >= 15 is 0 Å². The Morgan fingerprint density at radius 3 is 2.63 bits per heavy atom. The monoisotopic (exact) mass is 397 g/mol. The highest BCUT2D eigenvalue weighted by Crippen LogP contribution is 2.30. The van der Waals surface area contributed by atoms with E-state index < -0.39 is 0 Å². The maximum absolute atomic E-state index is 13.3. The molecule has 5 aromatic rings. The molecule has 30 heavy (non-hydrogen) atoms. The Kier molecular flexibility index (Phi) is 4.44. The third-order valence-electron chi connectivity index (χ3n) is 5.01. The summed E-state index contributed by atoms with van der Waals surface area (Å²) in [6.07, 6.45) is 8.39. The highest BCUT2D eigenvalue weighted by Gasteiger charge is 2.21. The zero-order chi connectivity index (χ0) is 20.5. The molecular weight excluding hydrogens is 381 g/mol. The maximum Gasteiger partial charge on any atom is 0.181 e. The minimum absolute atomic E-state index is 0.0342. The van der Waals surface area contributed by atoms with Gasteiger partial charge in [0.25, 0.3) is 0 Å². The van der Waals surface area contributed by atoms with E-state index in [4.69, 9.17) is 4.42 Å². The molecule has 0 bridgehead atoms. The third-order valence-corrected chi connectivity index (χ3v) is 5.01. The lowest BCUT2D eigenvalue weighted by atomic mass is 10.0. The molecule has 0 unspecified atom stereocenters. The van der Waals surface area contributed by atoms with Crippen molar-refractivity contribution in [1.29, 1.82) is 0 Å². The largest absolute Gasteiger partial charge is 0.451 e. The second kappa shape index (κ2) is 7.40. The Morgan fingerprint density at radius 1 is 1.07 bits per heavy atom. The lowest BCUT2D eigenvalue weighted by molar-refractivity contribution is 0.0993. The minimum atomic E-state index is -0.285. The van der Waals surface area contributed by atoms with Gasteiger partial charge in [0, 0.05) is 36.1 Å². The molecule has 0 aliphatic heterocycles. The summed E-state index contributed by atoms with van der Waals surface area (Å²) in [6, 6.07) is 15.7. The van der Waals surface area contributed by atoms with Crippen LogP contribution in [0, 0.1) is 5.82 Å². The summed E-state index contributed by atoms with van der Waals surface area (Å²) in [7, 11) is 0. The van der Waals surface area contributed by atoms with Crippen molar-refractivity contribution in [2.24, 2.45) is 0 Å². The van der Waals surface area contributed by atoms with E-state index in [-0.39, 0.29) is 18.0 Å². The van der Waals surface area contributed by atoms with Crippen LogP contribution in [-0.2, 0) is 6.42 Å². The maximum atomic E-state index is 13.3. The molecule has 0 amide bonds. The van der Waals surface area contributed by atoms with Crippen LogP contribution in [0.3, 0.4) is 0 Å². The van der Waals surface area contributed by atoms with Gasteiger partial charge in [-0.1, -0.05) is 24.3 Å². The Bertz CT molecular complexity index is 1320. The van der Waals surface area contributed by atoms with Gasteiger partial charge in [0.15, 0.2) is 12.2 Å². The summed E-state index contributed by atoms with van der Waals surface area (Å²) >= 11 is 0. The number of nitrogens with zero attached hydrogens (tertiary/aromatic N) is 3. The molecule has 1 aromatic carbocycles. The summed E-state index contributed by atoms with van der Waals surface area (Å²) in [4.78, 5) is 21.5. The summed E-state index contributed by atoms with van der Waals surface area (Å²) in [5.74, 6) is -0.319. The Hall–Kier alpha value is -4.06. The van der Waals surface area contributed by atoms with Crippen LogP contribution in [0.15, 0.2) is 90.3 Å². The number of aromatic nitrogens is 3. The van der Waals surface area contributed by atoms with Crippen LogP contribution < -0.4 is 0 Å². The predicted molar refractivity (Wildman–Crippen MR) is 111 cm³/mol. The molecule has 146 valence electrons. The van der Waals surface area contributed by atoms with E-state index in [1.807, 2.05) is 40.9 Å². The lowest BCUT2D eigenvalue weighted by Gasteiger charge is -2.07. The van der Waals surface area contributed by atoms with Crippen molar-refractivity contribution in [3.63, 3.8) is 0 Å². The first-order chi connectivity index (χ1) is 14.7. The Morgan fingerprint density at radius 2 is 1.90 bits per heavy atom. The topological polar surface area (TPSA) is 60.4 Å². The van der Waals surface area contributed by atoms with Gasteiger partial charge < -0.3 is 8.82 Å². The number of pyridine rings is 2. The number of ketones is 1. The van der Waals surface area contributed by atoms with Crippen LogP contribution in [0.2, 0.25) is 0 Å². The van der Waals surface area contributed by atoms with Crippen LogP contribution in [0.5, 0.6) is 0 Å². The van der Waals surface area contributed by atoms with Crippen LogP contribution in [0.4, 0.5) is 4.39 Å². The number of hydrogen-bond acceptors (Lipinski definition) is 4. The first kappa shape index (κ1) is 18.0. The van der Waals surface area contributed by atoms with Crippen molar-refractivity contribution in [2.45, 2.75) is 6.42 Å².